The highest BCUT2D eigenvalue weighted by Gasteiger charge is 2.33. The second-order valence-electron chi connectivity index (χ2n) is 6.40. The van der Waals surface area contributed by atoms with Gasteiger partial charge in [0.2, 0.25) is 17.7 Å². The molecule has 0 saturated heterocycles. The number of hydrogen-bond acceptors (Lipinski definition) is 4. The minimum atomic E-state index is 0.0966. The Bertz CT molecular complexity index is 906. The van der Waals surface area contributed by atoms with Crippen molar-refractivity contribution in [1.82, 2.24) is 15.1 Å². The van der Waals surface area contributed by atoms with Crippen LogP contribution in [-0.4, -0.2) is 27.0 Å². The van der Waals surface area contributed by atoms with Gasteiger partial charge in [-0.15, -0.1) is 10.2 Å². The number of rotatable bonds is 6. The molecular weight excluding hydrogens is 394 g/mol. The van der Waals surface area contributed by atoms with Crippen LogP contribution in [0, 0.1) is 0 Å². The molecule has 6 heteroatoms. The summed E-state index contributed by atoms with van der Waals surface area (Å²) in [6.07, 6.45) is 2.46. The summed E-state index contributed by atoms with van der Waals surface area (Å²) in [6.45, 7) is 0.355. The van der Waals surface area contributed by atoms with E-state index in [0.29, 0.717) is 24.7 Å². The molecule has 0 radical (unpaired) electrons. The van der Waals surface area contributed by atoms with Crippen LogP contribution in [0.5, 0.6) is 0 Å². The number of nitrogens with zero attached hydrogens (tertiary/aromatic N) is 3. The topological polar surface area (TPSA) is 59.2 Å². The molecule has 1 heterocycles. The summed E-state index contributed by atoms with van der Waals surface area (Å²) < 4.78 is 6.71. The third kappa shape index (κ3) is 3.85. The second kappa shape index (κ2) is 7.41. The molecule has 0 aliphatic heterocycles. The van der Waals surface area contributed by atoms with Gasteiger partial charge in [0.25, 0.3) is 0 Å². The minimum absolute atomic E-state index is 0.0966. The second-order valence-corrected chi connectivity index (χ2v) is 7.25. The average molecular weight is 412 g/mol. The molecular formula is C20H18BrN3O2. The summed E-state index contributed by atoms with van der Waals surface area (Å²) in [5, 5.41) is 8.28. The predicted octanol–water partition coefficient (Wildman–Crippen LogP) is 4.23. The highest BCUT2D eigenvalue weighted by molar-refractivity contribution is 9.10. The minimum Gasteiger partial charge on any atom is -0.419 e. The van der Waals surface area contributed by atoms with Gasteiger partial charge in [0, 0.05) is 10.5 Å². The monoisotopic (exact) mass is 411 g/mol. The van der Waals surface area contributed by atoms with Gasteiger partial charge in [-0.2, -0.15) is 0 Å². The number of benzene rings is 2. The van der Waals surface area contributed by atoms with Gasteiger partial charge in [0.15, 0.2) is 0 Å². The van der Waals surface area contributed by atoms with Crippen molar-refractivity contribution in [3.05, 3.63) is 70.5 Å². The number of carbonyl (C=O) groups is 1. The van der Waals surface area contributed by atoms with Gasteiger partial charge in [0.05, 0.1) is 18.5 Å². The first-order chi connectivity index (χ1) is 12.7. The average Bonchev–Trinajstić information content (AvgIpc) is 3.39. The van der Waals surface area contributed by atoms with E-state index in [1.165, 1.54) is 0 Å². The Kier molecular flexibility index (Phi) is 4.84. The van der Waals surface area contributed by atoms with E-state index in [0.717, 1.165) is 28.4 Å². The fraction of sp³-hybridized carbons (Fsp3) is 0.250. The third-order valence-corrected chi connectivity index (χ3v) is 5.07. The molecule has 132 valence electrons. The lowest BCUT2D eigenvalue weighted by atomic mass is 10.1. The quantitative estimate of drug-likeness (QED) is 0.608. The Labute approximate surface area is 160 Å². The van der Waals surface area contributed by atoms with Crippen LogP contribution in [0.25, 0.3) is 11.5 Å². The molecule has 0 N–H and O–H groups in total. The summed E-state index contributed by atoms with van der Waals surface area (Å²) in [5.74, 6) is 1.02. The summed E-state index contributed by atoms with van der Waals surface area (Å²) in [7, 11) is 0. The van der Waals surface area contributed by atoms with E-state index in [1.807, 2.05) is 59.5 Å². The number of amides is 1. The lowest BCUT2D eigenvalue weighted by molar-refractivity contribution is -0.132. The smallest absolute Gasteiger partial charge is 0.248 e. The number of carbonyl (C=O) groups excluding carboxylic acids is 1. The largest absolute Gasteiger partial charge is 0.419 e. The standard InChI is InChI=1S/C20H18BrN3O2/c21-17-9-5-4-8-16(17)20-23-22-18(26-20)13-24(15-10-11-15)19(25)12-14-6-2-1-3-7-14/h1-9,15H,10-13H2. The van der Waals surface area contributed by atoms with E-state index < -0.39 is 0 Å². The SMILES string of the molecule is O=C(Cc1ccccc1)N(Cc1nnc(-c2ccccc2Br)o1)C1CC1. The van der Waals surface area contributed by atoms with Crippen LogP contribution < -0.4 is 0 Å². The van der Waals surface area contributed by atoms with Crippen molar-refractivity contribution < 1.29 is 9.21 Å². The van der Waals surface area contributed by atoms with Gasteiger partial charge in [-0.3, -0.25) is 4.79 Å². The fourth-order valence-corrected chi connectivity index (χ4v) is 3.34. The maximum Gasteiger partial charge on any atom is 0.248 e. The van der Waals surface area contributed by atoms with Crippen LogP contribution in [0.15, 0.2) is 63.5 Å². The molecule has 26 heavy (non-hydrogen) atoms. The van der Waals surface area contributed by atoms with Crippen molar-refractivity contribution in [1.29, 1.82) is 0 Å². The maximum absolute atomic E-state index is 12.8. The van der Waals surface area contributed by atoms with E-state index in [4.69, 9.17) is 4.42 Å². The highest BCUT2D eigenvalue weighted by atomic mass is 79.9. The van der Waals surface area contributed by atoms with Gasteiger partial charge in [0.1, 0.15) is 0 Å². The van der Waals surface area contributed by atoms with Crippen molar-refractivity contribution in [3.8, 4) is 11.5 Å². The lowest BCUT2D eigenvalue weighted by Gasteiger charge is -2.20. The molecule has 0 spiro atoms. The number of hydrogen-bond donors (Lipinski definition) is 0. The number of aromatic nitrogens is 2. The molecule has 1 aromatic heterocycles. The van der Waals surface area contributed by atoms with E-state index in [1.54, 1.807) is 0 Å². The Morgan fingerprint density at radius 1 is 1.08 bits per heavy atom. The van der Waals surface area contributed by atoms with Crippen molar-refractivity contribution in [3.63, 3.8) is 0 Å². The van der Waals surface area contributed by atoms with Crippen LogP contribution in [0.3, 0.4) is 0 Å². The molecule has 1 saturated carbocycles. The van der Waals surface area contributed by atoms with Crippen LogP contribution in [0.2, 0.25) is 0 Å². The van der Waals surface area contributed by atoms with Gasteiger partial charge in [-0.25, -0.2) is 0 Å². The molecule has 4 rings (SSSR count). The Morgan fingerprint density at radius 3 is 2.54 bits per heavy atom. The molecule has 1 aliphatic rings. The zero-order valence-corrected chi connectivity index (χ0v) is 15.7. The first kappa shape index (κ1) is 17.0. The molecule has 0 unspecified atom stereocenters. The molecule has 2 aromatic carbocycles. The number of halogens is 1. The van der Waals surface area contributed by atoms with Gasteiger partial charge < -0.3 is 9.32 Å². The van der Waals surface area contributed by atoms with Crippen molar-refractivity contribution in [2.75, 3.05) is 0 Å². The highest BCUT2D eigenvalue weighted by Crippen LogP contribution is 2.30. The molecule has 0 atom stereocenters. The van der Waals surface area contributed by atoms with E-state index >= 15 is 0 Å². The van der Waals surface area contributed by atoms with Crippen LogP contribution in [-0.2, 0) is 17.8 Å². The zero-order valence-electron chi connectivity index (χ0n) is 14.1. The van der Waals surface area contributed by atoms with Crippen molar-refractivity contribution in [2.45, 2.75) is 31.8 Å². The normalized spacial score (nSPS) is 13.6. The molecule has 3 aromatic rings. The first-order valence-corrected chi connectivity index (χ1v) is 9.40. The molecule has 0 bridgehead atoms. The summed E-state index contributed by atoms with van der Waals surface area (Å²) in [5.41, 5.74) is 1.86. The Balaban J connectivity index is 1.49. The summed E-state index contributed by atoms with van der Waals surface area (Å²) in [4.78, 5) is 14.6. The van der Waals surface area contributed by atoms with E-state index in [2.05, 4.69) is 26.1 Å². The molecule has 5 nitrogen and oxygen atoms in total. The maximum atomic E-state index is 12.8. The molecule has 1 aliphatic carbocycles. The predicted molar refractivity (Wildman–Crippen MR) is 101 cm³/mol. The molecule has 1 amide bonds. The van der Waals surface area contributed by atoms with Gasteiger partial charge in [-0.05, 0) is 46.5 Å². The first-order valence-electron chi connectivity index (χ1n) is 8.61. The van der Waals surface area contributed by atoms with Gasteiger partial charge >= 0.3 is 0 Å². The molecule has 1 fully saturated rings. The Morgan fingerprint density at radius 2 is 1.81 bits per heavy atom. The van der Waals surface area contributed by atoms with E-state index in [9.17, 15) is 4.79 Å². The summed E-state index contributed by atoms with van der Waals surface area (Å²) in [6, 6.07) is 17.8. The van der Waals surface area contributed by atoms with Crippen molar-refractivity contribution >= 4 is 21.8 Å². The summed E-state index contributed by atoms with van der Waals surface area (Å²) >= 11 is 3.49. The lowest BCUT2D eigenvalue weighted by Crippen LogP contribution is -2.33. The zero-order chi connectivity index (χ0) is 17.9. The fourth-order valence-electron chi connectivity index (χ4n) is 2.89. The van der Waals surface area contributed by atoms with Crippen LogP contribution in [0.4, 0.5) is 0 Å². The van der Waals surface area contributed by atoms with Gasteiger partial charge in [-0.1, -0.05) is 42.5 Å². The Hall–Kier alpha value is -2.47. The van der Waals surface area contributed by atoms with E-state index in [-0.39, 0.29) is 11.9 Å². The van der Waals surface area contributed by atoms with Crippen molar-refractivity contribution in [2.24, 2.45) is 0 Å². The van der Waals surface area contributed by atoms with Crippen LogP contribution in [0.1, 0.15) is 24.3 Å². The third-order valence-electron chi connectivity index (χ3n) is 4.38. The van der Waals surface area contributed by atoms with Crippen LogP contribution >= 0.6 is 15.9 Å².